The molecule has 1 aromatic carbocycles. The summed E-state index contributed by atoms with van der Waals surface area (Å²) >= 11 is 8.83. The predicted octanol–water partition coefficient (Wildman–Crippen LogP) is 4.00. The predicted molar refractivity (Wildman–Crippen MR) is 101 cm³/mol. The number of hydrogen-bond donors (Lipinski definition) is 2. The fourth-order valence-electron chi connectivity index (χ4n) is 1.70. The SMILES string of the molecule is COc1ccc(NC(=O)CSc2nnc(NCC(C)C)s2)cc1Cl. The molecule has 0 saturated heterocycles. The second-order valence-electron chi connectivity index (χ2n) is 5.33. The van der Waals surface area contributed by atoms with Crippen molar-refractivity contribution in [3.8, 4) is 5.75 Å². The molecule has 6 nitrogen and oxygen atoms in total. The molecule has 0 aliphatic heterocycles. The summed E-state index contributed by atoms with van der Waals surface area (Å²) in [7, 11) is 1.54. The Morgan fingerprint density at radius 2 is 2.21 bits per heavy atom. The van der Waals surface area contributed by atoms with Crippen molar-refractivity contribution in [1.29, 1.82) is 0 Å². The Kier molecular flexibility index (Phi) is 7.14. The zero-order valence-corrected chi connectivity index (χ0v) is 16.0. The van der Waals surface area contributed by atoms with Gasteiger partial charge in [0.25, 0.3) is 0 Å². The lowest BCUT2D eigenvalue weighted by molar-refractivity contribution is -0.113. The monoisotopic (exact) mass is 386 g/mol. The summed E-state index contributed by atoms with van der Waals surface area (Å²) < 4.78 is 5.83. The van der Waals surface area contributed by atoms with Crippen LogP contribution < -0.4 is 15.4 Å². The number of anilines is 2. The zero-order valence-electron chi connectivity index (χ0n) is 13.6. The minimum atomic E-state index is -0.131. The van der Waals surface area contributed by atoms with Crippen molar-refractivity contribution in [1.82, 2.24) is 10.2 Å². The maximum absolute atomic E-state index is 12.0. The fraction of sp³-hybridized carbons (Fsp3) is 0.400. The van der Waals surface area contributed by atoms with Crippen LogP contribution in [0.15, 0.2) is 22.5 Å². The minimum absolute atomic E-state index is 0.131. The van der Waals surface area contributed by atoms with E-state index in [9.17, 15) is 4.79 Å². The molecule has 9 heteroatoms. The fourth-order valence-corrected chi connectivity index (χ4v) is 3.52. The van der Waals surface area contributed by atoms with Gasteiger partial charge in [-0.05, 0) is 24.1 Å². The maximum Gasteiger partial charge on any atom is 0.234 e. The van der Waals surface area contributed by atoms with Crippen LogP contribution in [0.5, 0.6) is 5.75 Å². The molecule has 0 spiro atoms. The van der Waals surface area contributed by atoms with E-state index in [4.69, 9.17) is 16.3 Å². The molecule has 0 saturated carbocycles. The summed E-state index contributed by atoms with van der Waals surface area (Å²) in [5.41, 5.74) is 0.628. The van der Waals surface area contributed by atoms with Crippen LogP contribution in [0.25, 0.3) is 0 Å². The highest BCUT2D eigenvalue weighted by molar-refractivity contribution is 8.01. The third kappa shape index (κ3) is 5.85. The number of amides is 1. The van der Waals surface area contributed by atoms with Crippen LogP contribution in [-0.4, -0.2) is 35.5 Å². The van der Waals surface area contributed by atoms with Gasteiger partial charge in [0.2, 0.25) is 11.0 Å². The normalized spacial score (nSPS) is 10.7. The molecule has 0 unspecified atom stereocenters. The lowest BCUT2D eigenvalue weighted by Crippen LogP contribution is -2.13. The molecule has 0 fully saturated rings. The molecule has 2 N–H and O–H groups in total. The van der Waals surface area contributed by atoms with Crippen LogP contribution in [0.1, 0.15) is 13.8 Å². The third-order valence-corrected chi connectivity index (χ3v) is 5.14. The number of carbonyl (C=O) groups excluding carboxylic acids is 1. The average Bonchev–Trinajstić information content (AvgIpc) is 2.99. The summed E-state index contributed by atoms with van der Waals surface area (Å²) in [6.07, 6.45) is 0. The van der Waals surface area contributed by atoms with Gasteiger partial charge in [-0.15, -0.1) is 10.2 Å². The Bertz CT molecular complexity index is 694. The van der Waals surface area contributed by atoms with Crippen LogP contribution in [-0.2, 0) is 4.79 Å². The van der Waals surface area contributed by atoms with Crippen LogP contribution >= 0.6 is 34.7 Å². The molecule has 24 heavy (non-hydrogen) atoms. The van der Waals surface area contributed by atoms with E-state index in [1.165, 1.54) is 23.1 Å². The number of carbonyl (C=O) groups is 1. The Morgan fingerprint density at radius 1 is 1.42 bits per heavy atom. The van der Waals surface area contributed by atoms with Crippen LogP contribution in [0, 0.1) is 5.92 Å². The summed E-state index contributed by atoms with van der Waals surface area (Å²) in [4.78, 5) is 12.0. The van der Waals surface area contributed by atoms with Crippen LogP contribution in [0.4, 0.5) is 10.8 Å². The Balaban J connectivity index is 1.82. The number of aromatic nitrogens is 2. The van der Waals surface area contributed by atoms with E-state index in [1.807, 2.05) is 0 Å². The van der Waals surface area contributed by atoms with Gasteiger partial charge in [0.1, 0.15) is 5.75 Å². The van der Waals surface area contributed by atoms with Gasteiger partial charge in [-0.1, -0.05) is 48.5 Å². The molecule has 0 aliphatic carbocycles. The van der Waals surface area contributed by atoms with Crippen molar-refractivity contribution >= 4 is 51.4 Å². The molecule has 2 aromatic rings. The number of ether oxygens (including phenoxy) is 1. The number of hydrogen-bond acceptors (Lipinski definition) is 7. The number of rotatable bonds is 8. The Hall–Kier alpha value is -1.51. The molecular formula is C15H19ClN4O2S2. The largest absolute Gasteiger partial charge is 0.495 e. The molecule has 130 valence electrons. The second kappa shape index (κ2) is 9.10. The van der Waals surface area contributed by atoms with E-state index in [0.717, 1.165) is 16.0 Å². The van der Waals surface area contributed by atoms with Gasteiger partial charge in [0.05, 0.1) is 17.9 Å². The van der Waals surface area contributed by atoms with E-state index in [-0.39, 0.29) is 11.7 Å². The standard InChI is InChI=1S/C15H19ClN4O2S2/c1-9(2)7-17-14-19-20-15(24-14)23-8-13(21)18-10-4-5-12(22-3)11(16)6-10/h4-6,9H,7-8H2,1-3H3,(H,17,19)(H,18,21). The van der Waals surface area contributed by atoms with Crippen molar-refractivity contribution in [2.45, 2.75) is 18.2 Å². The molecular weight excluding hydrogens is 368 g/mol. The van der Waals surface area contributed by atoms with Gasteiger partial charge in [0.15, 0.2) is 4.34 Å². The van der Waals surface area contributed by atoms with Gasteiger partial charge in [-0.2, -0.15) is 0 Å². The molecule has 0 aliphatic rings. The minimum Gasteiger partial charge on any atom is -0.495 e. The van der Waals surface area contributed by atoms with Crippen molar-refractivity contribution in [2.24, 2.45) is 5.92 Å². The number of halogens is 1. The van der Waals surface area contributed by atoms with E-state index < -0.39 is 0 Å². The highest BCUT2D eigenvalue weighted by Crippen LogP contribution is 2.28. The first-order valence-electron chi connectivity index (χ1n) is 7.31. The first kappa shape index (κ1) is 18.8. The molecule has 1 heterocycles. The smallest absolute Gasteiger partial charge is 0.234 e. The van der Waals surface area contributed by atoms with Crippen molar-refractivity contribution < 1.29 is 9.53 Å². The van der Waals surface area contributed by atoms with E-state index in [1.54, 1.807) is 25.3 Å². The second-order valence-corrected chi connectivity index (χ2v) is 7.94. The molecule has 2 rings (SSSR count). The number of nitrogens with zero attached hydrogens (tertiary/aromatic N) is 2. The summed E-state index contributed by atoms with van der Waals surface area (Å²) in [5.74, 6) is 1.22. The summed E-state index contributed by atoms with van der Waals surface area (Å²) in [6, 6.07) is 5.11. The lowest BCUT2D eigenvalue weighted by Gasteiger charge is -2.07. The van der Waals surface area contributed by atoms with Gasteiger partial charge < -0.3 is 15.4 Å². The molecule has 0 radical (unpaired) electrons. The first-order chi connectivity index (χ1) is 11.5. The Morgan fingerprint density at radius 3 is 2.88 bits per heavy atom. The van der Waals surface area contributed by atoms with Crippen molar-refractivity contribution in [2.75, 3.05) is 30.0 Å². The van der Waals surface area contributed by atoms with E-state index in [0.29, 0.717) is 22.4 Å². The van der Waals surface area contributed by atoms with Crippen molar-refractivity contribution in [3.63, 3.8) is 0 Å². The van der Waals surface area contributed by atoms with Gasteiger partial charge >= 0.3 is 0 Å². The highest BCUT2D eigenvalue weighted by Gasteiger charge is 2.10. The van der Waals surface area contributed by atoms with Gasteiger partial charge in [-0.3, -0.25) is 4.79 Å². The van der Waals surface area contributed by atoms with Crippen molar-refractivity contribution in [3.05, 3.63) is 23.2 Å². The summed E-state index contributed by atoms with van der Waals surface area (Å²) in [6.45, 7) is 5.09. The van der Waals surface area contributed by atoms with Gasteiger partial charge in [0, 0.05) is 12.2 Å². The molecule has 1 aromatic heterocycles. The maximum atomic E-state index is 12.0. The third-order valence-electron chi connectivity index (χ3n) is 2.83. The number of thioether (sulfide) groups is 1. The number of benzene rings is 1. The summed E-state index contributed by atoms with van der Waals surface area (Å²) in [5, 5.41) is 15.3. The van der Waals surface area contributed by atoms with Crippen LogP contribution in [0.3, 0.4) is 0 Å². The molecule has 1 amide bonds. The zero-order chi connectivity index (χ0) is 17.5. The van der Waals surface area contributed by atoms with Gasteiger partial charge in [-0.25, -0.2) is 0 Å². The quantitative estimate of drug-likeness (QED) is 0.668. The van der Waals surface area contributed by atoms with Crippen LogP contribution in [0.2, 0.25) is 5.02 Å². The van der Waals surface area contributed by atoms with E-state index in [2.05, 4.69) is 34.7 Å². The molecule has 0 atom stereocenters. The number of nitrogens with one attached hydrogen (secondary N) is 2. The topological polar surface area (TPSA) is 76.1 Å². The lowest BCUT2D eigenvalue weighted by atomic mass is 10.2. The van der Waals surface area contributed by atoms with E-state index >= 15 is 0 Å². The molecule has 0 bridgehead atoms. The highest BCUT2D eigenvalue weighted by atomic mass is 35.5. The number of methoxy groups -OCH3 is 1. The first-order valence-corrected chi connectivity index (χ1v) is 9.49. The Labute approximate surface area is 154 Å². The average molecular weight is 387 g/mol.